The van der Waals surface area contributed by atoms with Gasteiger partial charge in [0.05, 0.1) is 0 Å². The van der Waals surface area contributed by atoms with Crippen LogP contribution in [0.3, 0.4) is 0 Å². The van der Waals surface area contributed by atoms with Gasteiger partial charge in [-0.3, -0.25) is 0 Å². The first kappa shape index (κ1) is 25.0. The Kier molecular flexibility index (Phi) is 8.25. The zero-order valence-electron chi connectivity index (χ0n) is 18.1. The van der Waals surface area contributed by atoms with Crippen LogP contribution in [0.15, 0.2) is 70.6 Å². The summed E-state index contributed by atoms with van der Waals surface area (Å²) in [7, 11) is 0. The van der Waals surface area contributed by atoms with Crippen LogP contribution in [0.2, 0.25) is 0 Å². The second kappa shape index (κ2) is 9.90. The van der Waals surface area contributed by atoms with E-state index >= 15 is 0 Å². The molecule has 3 heteroatoms. The van der Waals surface area contributed by atoms with E-state index in [4.69, 9.17) is 0 Å². The Balaban J connectivity index is 0.00000160. The molecule has 2 aliphatic carbocycles. The van der Waals surface area contributed by atoms with Gasteiger partial charge in [0, 0.05) is 0 Å². The summed E-state index contributed by atoms with van der Waals surface area (Å²) in [6.07, 6.45) is 8.85. The largest absolute Gasteiger partial charge is 1.00 e. The average Bonchev–Trinajstić information content (AvgIpc) is 3.18. The fourth-order valence-corrected chi connectivity index (χ4v) is 13.6. The molecule has 0 heterocycles. The standard InChI is InChI=1S/C17H13.C7H9.C3H6.2ClH.Zr/c1-3-12-5-7-14-11-15-8-6-13(4-2)10-17(15)16(14)9-12;1-6-3-4-7(2)5-6;1-3-2;;;/h3-11H,1-2H2;3,5,7H,1-2H3;1-2H3;2*1H;/q;;;;;+2/p-2. The molecule has 0 saturated carbocycles. The molecule has 0 N–H and O–H groups in total. The number of allylic oxidation sites excluding steroid dienone is 4. The van der Waals surface area contributed by atoms with Crippen LogP contribution in [0.4, 0.5) is 0 Å². The minimum atomic E-state index is -2.09. The first-order valence-corrected chi connectivity index (χ1v) is 13.9. The Morgan fingerprint density at radius 2 is 1.40 bits per heavy atom. The van der Waals surface area contributed by atoms with Crippen LogP contribution in [0, 0.1) is 5.92 Å². The summed E-state index contributed by atoms with van der Waals surface area (Å²) in [5, 5.41) is 0. The summed E-state index contributed by atoms with van der Waals surface area (Å²) >= 11 is -2.09. The van der Waals surface area contributed by atoms with E-state index in [9.17, 15) is 0 Å². The van der Waals surface area contributed by atoms with Crippen LogP contribution in [0.25, 0.3) is 23.3 Å². The molecule has 0 nitrogen and oxygen atoms in total. The van der Waals surface area contributed by atoms with Gasteiger partial charge in [0.15, 0.2) is 0 Å². The molecule has 2 aliphatic rings. The second-order valence-electron chi connectivity index (χ2n) is 8.25. The van der Waals surface area contributed by atoms with E-state index in [0.29, 0.717) is 9.54 Å². The van der Waals surface area contributed by atoms with Crippen molar-refractivity contribution in [2.75, 3.05) is 0 Å². The molecule has 1 unspecified atom stereocenters. The molecule has 0 spiro atoms. The van der Waals surface area contributed by atoms with Crippen molar-refractivity contribution in [1.29, 1.82) is 0 Å². The van der Waals surface area contributed by atoms with Crippen LogP contribution in [0.1, 0.15) is 53.6 Å². The molecule has 0 amide bonds. The normalized spacial score (nSPS) is 16.0. The third-order valence-corrected chi connectivity index (χ3v) is 14.7. The molecular weight excluding hydrogens is 486 g/mol. The van der Waals surface area contributed by atoms with Gasteiger partial charge >= 0.3 is 178 Å². The quantitative estimate of drug-likeness (QED) is 0.578. The smallest absolute Gasteiger partial charge is 1.00 e. The predicted octanol–water partition coefficient (Wildman–Crippen LogP) is 1.36. The Morgan fingerprint density at radius 3 is 1.77 bits per heavy atom. The van der Waals surface area contributed by atoms with Crippen LogP contribution in [0.5, 0.6) is 0 Å². The predicted molar refractivity (Wildman–Crippen MR) is 121 cm³/mol. The summed E-state index contributed by atoms with van der Waals surface area (Å²) in [5.74, 6) is 0.580. The molecular formula is C27H28Cl2Zr. The van der Waals surface area contributed by atoms with Crippen molar-refractivity contribution in [1.82, 2.24) is 0 Å². The zero-order valence-corrected chi connectivity index (χ0v) is 22.1. The third kappa shape index (κ3) is 4.22. The number of fused-ring (bicyclic) bond motifs is 3. The number of benzene rings is 2. The van der Waals surface area contributed by atoms with E-state index in [1.807, 2.05) is 12.2 Å². The fraction of sp³-hybridized carbons (Fsp3) is 0.222. The van der Waals surface area contributed by atoms with Crippen molar-refractivity contribution in [3.63, 3.8) is 0 Å². The third-order valence-electron chi connectivity index (χ3n) is 6.06. The van der Waals surface area contributed by atoms with Gasteiger partial charge in [0.25, 0.3) is 0 Å². The summed E-state index contributed by atoms with van der Waals surface area (Å²) in [6.45, 7) is 17.4. The van der Waals surface area contributed by atoms with E-state index in [0.717, 1.165) is 0 Å². The fourth-order valence-electron chi connectivity index (χ4n) is 4.83. The van der Waals surface area contributed by atoms with Crippen LogP contribution < -0.4 is 24.8 Å². The maximum atomic E-state index is 3.99. The van der Waals surface area contributed by atoms with Crippen molar-refractivity contribution in [2.45, 2.75) is 31.3 Å². The number of halogens is 2. The molecule has 0 fully saturated rings. The SMILES string of the molecule is C=Cc1ccc2c(c1)-c1cc(C=C)ccc1[CH]2[Zr+2]([C]1=CC(C)=CC1C)=[C](C)C.[Cl-].[Cl-]. The van der Waals surface area contributed by atoms with E-state index in [-0.39, 0.29) is 24.8 Å². The first-order valence-electron chi connectivity index (χ1n) is 10.1. The van der Waals surface area contributed by atoms with Crippen molar-refractivity contribution in [2.24, 2.45) is 5.92 Å². The van der Waals surface area contributed by atoms with E-state index < -0.39 is 21.3 Å². The van der Waals surface area contributed by atoms with Crippen molar-refractivity contribution < 1.29 is 46.1 Å². The van der Waals surface area contributed by atoms with Gasteiger partial charge in [-0.2, -0.15) is 0 Å². The molecule has 30 heavy (non-hydrogen) atoms. The van der Waals surface area contributed by atoms with Crippen molar-refractivity contribution in [3.8, 4) is 11.1 Å². The zero-order chi connectivity index (χ0) is 20.0. The summed E-state index contributed by atoms with van der Waals surface area (Å²) in [6, 6.07) is 13.9. The Hall–Kier alpha value is -1.27. The van der Waals surface area contributed by atoms with Crippen LogP contribution >= 0.6 is 0 Å². The topological polar surface area (TPSA) is 0 Å². The summed E-state index contributed by atoms with van der Waals surface area (Å²) in [4.78, 5) is 0. The molecule has 0 aromatic heterocycles. The molecule has 0 aliphatic heterocycles. The summed E-state index contributed by atoms with van der Waals surface area (Å²) < 4.78 is 3.97. The molecule has 154 valence electrons. The van der Waals surface area contributed by atoms with Gasteiger partial charge in [0.2, 0.25) is 0 Å². The molecule has 2 aromatic carbocycles. The van der Waals surface area contributed by atoms with Gasteiger partial charge in [-0.1, -0.05) is 0 Å². The molecule has 0 radical (unpaired) electrons. The Labute approximate surface area is 201 Å². The molecule has 0 bridgehead atoms. The molecule has 2 aromatic rings. The maximum absolute atomic E-state index is 3.99. The minimum absolute atomic E-state index is 0. The Bertz CT molecular complexity index is 1040. The minimum Gasteiger partial charge on any atom is -1.00 e. The Morgan fingerprint density at radius 1 is 0.900 bits per heavy atom. The second-order valence-corrected chi connectivity index (χ2v) is 15.6. The number of rotatable bonds is 4. The van der Waals surface area contributed by atoms with Gasteiger partial charge in [-0.05, 0) is 0 Å². The van der Waals surface area contributed by atoms with E-state index in [2.05, 4.69) is 89.4 Å². The number of hydrogen-bond donors (Lipinski definition) is 0. The summed E-state index contributed by atoms with van der Waals surface area (Å²) in [5.41, 5.74) is 9.67. The van der Waals surface area contributed by atoms with Gasteiger partial charge in [0.1, 0.15) is 0 Å². The number of hydrogen-bond acceptors (Lipinski definition) is 0. The first-order chi connectivity index (χ1) is 13.4. The van der Waals surface area contributed by atoms with E-state index in [1.165, 1.54) is 39.0 Å². The van der Waals surface area contributed by atoms with Crippen LogP contribution in [-0.2, 0) is 21.3 Å². The average molecular weight is 515 g/mol. The van der Waals surface area contributed by atoms with Gasteiger partial charge < -0.3 is 24.8 Å². The molecule has 1 atom stereocenters. The van der Waals surface area contributed by atoms with Crippen LogP contribution in [-0.4, -0.2) is 3.21 Å². The monoisotopic (exact) mass is 512 g/mol. The molecule has 4 rings (SSSR count). The van der Waals surface area contributed by atoms with Crippen molar-refractivity contribution >= 4 is 15.4 Å². The van der Waals surface area contributed by atoms with E-state index in [1.54, 1.807) is 6.49 Å². The maximum Gasteiger partial charge on any atom is -1.00 e. The van der Waals surface area contributed by atoms with Gasteiger partial charge in [-0.25, -0.2) is 0 Å². The van der Waals surface area contributed by atoms with Gasteiger partial charge in [-0.15, -0.1) is 0 Å². The molecule has 0 saturated heterocycles. The van der Waals surface area contributed by atoms with Crippen molar-refractivity contribution in [3.05, 3.63) is 92.8 Å².